The van der Waals surface area contributed by atoms with E-state index in [-0.39, 0.29) is 0 Å². The zero-order chi connectivity index (χ0) is 11.7. The Hall–Kier alpha value is -1.61. The molecule has 0 fully saturated rings. The Balaban J connectivity index is 2.64. The van der Waals surface area contributed by atoms with Crippen LogP contribution in [0.1, 0.15) is 22.5 Å². The number of hydrogen-bond donors (Lipinski definition) is 1. The average Bonchev–Trinajstić information content (AvgIpc) is 2.57. The van der Waals surface area contributed by atoms with Crippen molar-refractivity contribution in [3.63, 3.8) is 0 Å². The van der Waals surface area contributed by atoms with Crippen molar-refractivity contribution in [2.24, 2.45) is 5.73 Å². The zero-order valence-corrected chi connectivity index (χ0v) is 9.99. The maximum absolute atomic E-state index is 5.80. The smallest absolute Gasteiger partial charge is 0.0696 e. The topological polar surface area (TPSA) is 43.8 Å². The lowest BCUT2D eigenvalue weighted by atomic mass is 10.1. The molecule has 0 aliphatic carbocycles. The standard InChI is InChI=1S/C13H17N3/c1-9-5-4-6-13(12(9)8-14)16-11(3)7-10(2)15-16/h4-7H,8,14H2,1-3H3. The van der Waals surface area contributed by atoms with Crippen LogP contribution in [0.2, 0.25) is 0 Å². The van der Waals surface area contributed by atoms with Gasteiger partial charge in [-0.15, -0.1) is 0 Å². The highest BCUT2D eigenvalue weighted by Crippen LogP contribution is 2.19. The van der Waals surface area contributed by atoms with Crippen LogP contribution in [0.15, 0.2) is 24.3 Å². The van der Waals surface area contributed by atoms with E-state index in [1.54, 1.807) is 0 Å². The molecule has 3 nitrogen and oxygen atoms in total. The van der Waals surface area contributed by atoms with Gasteiger partial charge in [-0.05, 0) is 44.0 Å². The number of benzene rings is 1. The van der Waals surface area contributed by atoms with Crippen LogP contribution in [0.3, 0.4) is 0 Å². The van der Waals surface area contributed by atoms with Crippen LogP contribution in [-0.2, 0) is 6.54 Å². The van der Waals surface area contributed by atoms with Crippen LogP contribution < -0.4 is 5.73 Å². The van der Waals surface area contributed by atoms with Crippen LogP contribution in [0, 0.1) is 20.8 Å². The van der Waals surface area contributed by atoms with Crippen molar-refractivity contribution >= 4 is 0 Å². The first-order chi connectivity index (χ1) is 7.63. The van der Waals surface area contributed by atoms with E-state index in [4.69, 9.17) is 5.73 Å². The lowest BCUT2D eigenvalue weighted by Crippen LogP contribution is -2.08. The van der Waals surface area contributed by atoms with Crippen molar-refractivity contribution in [2.45, 2.75) is 27.3 Å². The van der Waals surface area contributed by atoms with E-state index >= 15 is 0 Å². The summed E-state index contributed by atoms with van der Waals surface area (Å²) in [5.74, 6) is 0. The van der Waals surface area contributed by atoms with Gasteiger partial charge in [-0.3, -0.25) is 0 Å². The van der Waals surface area contributed by atoms with Gasteiger partial charge in [0.05, 0.1) is 11.4 Å². The number of nitrogens with two attached hydrogens (primary N) is 1. The molecule has 0 saturated heterocycles. The Morgan fingerprint density at radius 1 is 1.25 bits per heavy atom. The number of nitrogens with zero attached hydrogens (tertiary/aromatic N) is 2. The number of rotatable bonds is 2. The second-order valence-corrected chi connectivity index (χ2v) is 4.12. The van der Waals surface area contributed by atoms with Gasteiger partial charge in [0.1, 0.15) is 0 Å². The summed E-state index contributed by atoms with van der Waals surface area (Å²) < 4.78 is 1.96. The summed E-state index contributed by atoms with van der Waals surface area (Å²) in [6, 6.07) is 8.26. The predicted molar refractivity (Wildman–Crippen MR) is 65.7 cm³/mol. The number of aryl methyl sites for hydroxylation is 3. The van der Waals surface area contributed by atoms with Crippen LogP contribution >= 0.6 is 0 Å². The molecule has 0 aliphatic heterocycles. The number of hydrogen-bond acceptors (Lipinski definition) is 2. The minimum atomic E-state index is 0.542. The summed E-state index contributed by atoms with van der Waals surface area (Å²) in [7, 11) is 0. The highest BCUT2D eigenvalue weighted by molar-refractivity contribution is 5.46. The van der Waals surface area contributed by atoms with Crippen molar-refractivity contribution < 1.29 is 0 Å². The summed E-state index contributed by atoms with van der Waals surface area (Å²) in [5.41, 5.74) is 11.4. The van der Waals surface area contributed by atoms with Gasteiger partial charge in [-0.25, -0.2) is 4.68 Å². The fraction of sp³-hybridized carbons (Fsp3) is 0.308. The van der Waals surface area contributed by atoms with Gasteiger partial charge < -0.3 is 5.73 Å². The average molecular weight is 215 g/mol. The van der Waals surface area contributed by atoms with Crippen molar-refractivity contribution in [3.8, 4) is 5.69 Å². The molecule has 0 atom stereocenters. The summed E-state index contributed by atoms with van der Waals surface area (Å²) in [4.78, 5) is 0. The van der Waals surface area contributed by atoms with Gasteiger partial charge >= 0.3 is 0 Å². The zero-order valence-electron chi connectivity index (χ0n) is 9.99. The molecule has 16 heavy (non-hydrogen) atoms. The Labute approximate surface area is 95.9 Å². The third-order valence-electron chi connectivity index (χ3n) is 2.83. The largest absolute Gasteiger partial charge is 0.326 e. The monoisotopic (exact) mass is 215 g/mol. The van der Waals surface area contributed by atoms with Crippen LogP contribution in [0.5, 0.6) is 0 Å². The third-order valence-corrected chi connectivity index (χ3v) is 2.83. The summed E-state index contributed by atoms with van der Waals surface area (Å²) >= 11 is 0. The lowest BCUT2D eigenvalue weighted by molar-refractivity contribution is 0.815. The maximum atomic E-state index is 5.80. The van der Waals surface area contributed by atoms with Gasteiger partial charge in [0, 0.05) is 12.2 Å². The van der Waals surface area contributed by atoms with Gasteiger partial charge in [-0.1, -0.05) is 12.1 Å². The van der Waals surface area contributed by atoms with Gasteiger partial charge in [0.15, 0.2) is 0 Å². The normalized spacial score (nSPS) is 10.8. The van der Waals surface area contributed by atoms with Crippen molar-refractivity contribution in [3.05, 3.63) is 46.8 Å². The molecular formula is C13H17N3. The van der Waals surface area contributed by atoms with E-state index in [0.29, 0.717) is 6.54 Å². The highest BCUT2D eigenvalue weighted by atomic mass is 15.3. The molecule has 84 valence electrons. The van der Waals surface area contributed by atoms with E-state index in [0.717, 1.165) is 22.6 Å². The van der Waals surface area contributed by atoms with E-state index in [1.807, 2.05) is 17.7 Å². The molecular weight excluding hydrogens is 198 g/mol. The van der Waals surface area contributed by atoms with E-state index in [2.05, 4.69) is 37.1 Å². The SMILES string of the molecule is Cc1cc(C)n(-c2cccc(C)c2CN)n1. The van der Waals surface area contributed by atoms with E-state index in [9.17, 15) is 0 Å². The second kappa shape index (κ2) is 4.10. The van der Waals surface area contributed by atoms with Crippen LogP contribution in [0.4, 0.5) is 0 Å². The van der Waals surface area contributed by atoms with Gasteiger partial charge in [-0.2, -0.15) is 5.10 Å². The summed E-state index contributed by atoms with van der Waals surface area (Å²) in [6.45, 7) is 6.68. The predicted octanol–water partition coefficient (Wildman–Crippen LogP) is 2.26. The molecule has 0 spiro atoms. The Morgan fingerprint density at radius 2 is 2.00 bits per heavy atom. The quantitative estimate of drug-likeness (QED) is 0.835. The van der Waals surface area contributed by atoms with Gasteiger partial charge in [0.2, 0.25) is 0 Å². The Morgan fingerprint density at radius 3 is 2.56 bits per heavy atom. The molecule has 1 aromatic heterocycles. The van der Waals surface area contributed by atoms with Gasteiger partial charge in [0.25, 0.3) is 0 Å². The van der Waals surface area contributed by atoms with E-state index < -0.39 is 0 Å². The minimum Gasteiger partial charge on any atom is -0.326 e. The molecule has 0 unspecified atom stereocenters. The Kier molecular flexibility index (Phi) is 2.79. The summed E-state index contributed by atoms with van der Waals surface area (Å²) in [6.07, 6.45) is 0. The van der Waals surface area contributed by atoms with Crippen molar-refractivity contribution in [1.29, 1.82) is 0 Å². The molecule has 0 radical (unpaired) electrons. The molecule has 0 bridgehead atoms. The minimum absolute atomic E-state index is 0.542. The fourth-order valence-electron chi connectivity index (χ4n) is 2.02. The van der Waals surface area contributed by atoms with Crippen LogP contribution in [-0.4, -0.2) is 9.78 Å². The molecule has 2 aromatic rings. The molecule has 0 amide bonds. The second-order valence-electron chi connectivity index (χ2n) is 4.12. The molecule has 1 aromatic carbocycles. The summed E-state index contributed by atoms with van der Waals surface area (Å²) in [5, 5.41) is 4.49. The first kappa shape index (κ1) is 10.9. The highest BCUT2D eigenvalue weighted by Gasteiger charge is 2.09. The molecule has 3 heteroatoms. The molecule has 0 aliphatic rings. The number of aromatic nitrogens is 2. The fourth-order valence-corrected chi connectivity index (χ4v) is 2.02. The molecule has 1 heterocycles. The third kappa shape index (κ3) is 1.74. The van der Waals surface area contributed by atoms with Crippen LogP contribution in [0.25, 0.3) is 5.69 Å². The first-order valence-electron chi connectivity index (χ1n) is 5.45. The molecule has 0 saturated carbocycles. The van der Waals surface area contributed by atoms with Crippen molar-refractivity contribution in [2.75, 3.05) is 0 Å². The first-order valence-corrected chi connectivity index (χ1v) is 5.45. The molecule has 2 N–H and O–H groups in total. The van der Waals surface area contributed by atoms with E-state index in [1.165, 1.54) is 5.56 Å². The lowest BCUT2D eigenvalue weighted by Gasteiger charge is -2.12. The molecule has 2 rings (SSSR count). The van der Waals surface area contributed by atoms with Crippen molar-refractivity contribution in [1.82, 2.24) is 9.78 Å². The maximum Gasteiger partial charge on any atom is 0.0696 e. The Bertz CT molecular complexity index is 512.